The van der Waals surface area contributed by atoms with Crippen molar-refractivity contribution in [2.75, 3.05) is 5.01 Å². The molecule has 0 saturated carbocycles. The number of urea groups is 1. The molecule has 3 N–H and O–H groups in total. The second kappa shape index (κ2) is 9.09. The lowest BCUT2D eigenvalue weighted by atomic mass is 10.2. The molecule has 9 heteroatoms. The van der Waals surface area contributed by atoms with Gasteiger partial charge < -0.3 is 14.7 Å². The molecule has 0 bridgehead atoms. The average molecular weight is 413 g/mol. The summed E-state index contributed by atoms with van der Waals surface area (Å²) in [6.07, 6.45) is 0. The number of hydrazine groups is 1. The molecular formula is C20H19N3O5S. The molecule has 0 atom stereocenters. The normalized spacial score (nSPS) is 10.9. The number of hydrogen-bond donors (Lipinski definition) is 2. The molecule has 150 valence electrons. The molecule has 0 aromatic heterocycles. The van der Waals surface area contributed by atoms with E-state index in [1.807, 2.05) is 35.2 Å². The van der Waals surface area contributed by atoms with Gasteiger partial charge in [-0.2, -0.15) is 8.42 Å². The minimum absolute atomic E-state index is 0.0917. The van der Waals surface area contributed by atoms with Crippen molar-refractivity contribution in [2.24, 2.45) is 5.73 Å². The molecule has 0 radical (unpaired) electrons. The number of carbonyl (C=O) groups is 1. The third kappa shape index (κ3) is 5.96. The van der Waals surface area contributed by atoms with Crippen LogP contribution in [0.25, 0.3) is 0 Å². The summed E-state index contributed by atoms with van der Waals surface area (Å²) < 4.78 is 35.0. The fourth-order valence-corrected chi connectivity index (χ4v) is 3.21. The first-order valence-electron chi connectivity index (χ1n) is 8.56. The van der Waals surface area contributed by atoms with Gasteiger partial charge in [-0.05, 0) is 42.0 Å². The van der Waals surface area contributed by atoms with Gasteiger partial charge in [-0.1, -0.05) is 53.4 Å². The van der Waals surface area contributed by atoms with Crippen LogP contribution in [0.15, 0.2) is 84.9 Å². The highest BCUT2D eigenvalue weighted by Gasteiger charge is 2.22. The standard InChI is InChI=1S/C20H19N3O5S/c21-20(24)23(22-29(25,26)28-19-9-5-2-6-10-19)17-11-13-18(14-12-17)27-15-16-7-3-1-4-8-16/h1-14,22H,15H2,(H2,21,24). The SMILES string of the molecule is NC(=O)N(NS(=O)(=O)Oc1ccccc1)c1ccc(OCc2ccccc2)cc1. The number of benzene rings is 3. The maximum atomic E-state index is 12.2. The quantitative estimate of drug-likeness (QED) is 0.552. The number of nitrogens with zero attached hydrogens (tertiary/aromatic N) is 1. The van der Waals surface area contributed by atoms with Crippen LogP contribution in [0, 0.1) is 0 Å². The minimum atomic E-state index is -4.34. The summed E-state index contributed by atoms with van der Waals surface area (Å²) in [5.74, 6) is 0.638. The Kier molecular flexibility index (Phi) is 6.32. The maximum Gasteiger partial charge on any atom is 0.400 e. The molecule has 0 unspecified atom stereocenters. The zero-order valence-electron chi connectivity index (χ0n) is 15.3. The molecule has 29 heavy (non-hydrogen) atoms. The summed E-state index contributed by atoms with van der Waals surface area (Å²) in [5, 5.41) is 0.666. The van der Waals surface area contributed by atoms with Gasteiger partial charge in [0.1, 0.15) is 18.1 Å². The van der Waals surface area contributed by atoms with Crippen molar-refractivity contribution in [2.45, 2.75) is 6.61 Å². The molecule has 0 aliphatic carbocycles. The van der Waals surface area contributed by atoms with Gasteiger partial charge in [-0.25, -0.2) is 9.80 Å². The summed E-state index contributed by atoms with van der Waals surface area (Å²) in [5.41, 5.74) is 6.52. The zero-order chi connectivity index (χ0) is 20.7. The van der Waals surface area contributed by atoms with Gasteiger partial charge in [0.15, 0.2) is 0 Å². The van der Waals surface area contributed by atoms with Crippen LogP contribution in [0.3, 0.4) is 0 Å². The molecule has 2 amide bonds. The zero-order valence-corrected chi connectivity index (χ0v) is 16.1. The number of nitrogens with two attached hydrogens (primary N) is 1. The summed E-state index contributed by atoms with van der Waals surface area (Å²) in [6, 6.07) is 22.6. The van der Waals surface area contributed by atoms with E-state index in [-0.39, 0.29) is 11.4 Å². The second-order valence-electron chi connectivity index (χ2n) is 5.88. The van der Waals surface area contributed by atoms with Crippen LogP contribution in [-0.4, -0.2) is 14.4 Å². The van der Waals surface area contributed by atoms with E-state index < -0.39 is 16.3 Å². The lowest BCUT2D eigenvalue weighted by molar-refractivity contribution is 0.252. The van der Waals surface area contributed by atoms with Gasteiger partial charge in [0, 0.05) is 0 Å². The van der Waals surface area contributed by atoms with Crippen LogP contribution in [0.4, 0.5) is 10.5 Å². The molecule has 0 heterocycles. The number of amides is 2. The molecule has 0 aliphatic rings. The topological polar surface area (TPSA) is 111 Å². The summed E-state index contributed by atoms with van der Waals surface area (Å²) in [4.78, 5) is 13.8. The van der Waals surface area contributed by atoms with Crippen LogP contribution in [-0.2, 0) is 16.9 Å². The fourth-order valence-electron chi connectivity index (χ4n) is 2.39. The van der Waals surface area contributed by atoms with E-state index >= 15 is 0 Å². The third-order valence-corrected chi connectivity index (χ3v) is 4.53. The van der Waals surface area contributed by atoms with Crippen molar-refractivity contribution in [3.05, 3.63) is 90.5 Å². The molecule has 3 rings (SSSR count). The first kappa shape index (κ1) is 20.2. The van der Waals surface area contributed by atoms with Crippen LogP contribution in [0.5, 0.6) is 11.5 Å². The van der Waals surface area contributed by atoms with Gasteiger partial charge in [0.05, 0.1) is 5.69 Å². The number of anilines is 1. The Morgan fingerprint density at radius 3 is 2.03 bits per heavy atom. The average Bonchev–Trinajstić information content (AvgIpc) is 2.72. The van der Waals surface area contributed by atoms with Crippen molar-refractivity contribution in [3.8, 4) is 11.5 Å². The Hall–Kier alpha value is -3.56. The number of nitrogens with one attached hydrogen (secondary N) is 1. The first-order chi connectivity index (χ1) is 13.9. The largest absolute Gasteiger partial charge is 0.489 e. The van der Waals surface area contributed by atoms with Gasteiger partial charge in [0.2, 0.25) is 0 Å². The monoisotopic (exact) mass is 413 g/mol. The van der Waals surface area contributed by atoms with Crippen molar-refractivity contribution in [1.82, 2.24) is 4.83 Å². The van der Waals surface area contributed by atoms with Crippen molar-refractivity contribution < 1.29 is 22.1 Å². The molecule has 8 nitrogen and oxygen atoms in total. The molecule has 3 aromatic rings. The number of rotatable bonds is 8. The van der Waals surface area contributed by atoms with E-state index in [0.717, 1.165) is 5.56 Å². The second-order valence-corrected chi connectivity index (χ2v) is 7.14. The lowest BCUT2D eigenvalue weighted by Gasteiger charge is -2.21. The molecule has 0 aliphatic heterocycles. The Balaban J connectivity index is 1.68. The summed E-state index contributed by atoms with van der Waals surface area (Å²) >= 11 is 0. The summed E-state index contributed by atoms with van der Waals surface area (Å²) in [7, 11) is -4.34. The fraction of sp³-hybridized carbons (Fsp3) is 0.0500. The van der Waals surface area contributed by atoms with Crippen molar-refractivity contribution in [3.63, 3.8) is 0 Å². The number of primary amides is 1. The van der Waals surface area contributed by atoms with E-state index in [0.29, 0.717) is 17.4 Å². The predicted octanol–water partition coefficient (Wildman–Crippen LogP) is 2.98. The van der Waals surface area contributed by atoms with E-state index in [4.69, 9.17) is 14.7 Å². The summed E-state index contributed by atoms with van der Waals surface area (Å²) in [6.45, 7) is 0.372. The highest BCUT2D eigenvalue weighted by molar-refractivity contribution is 7.85. The maximum absolute atomic E-state index is 12.2. The molecule has 0 saturated heterocycles. The predicted molar refractivity (Wildman–Crippen MR) is 108 cm³/mol. The van der Waals surface area contributed by atoms with Crippen LogP contribution >= 0.6 is 0 Å². The Bertz CT molecular complexity index is 1040. The molecule has 0 spiro atoms. The van der Waals surface area contributed by atoms with E-state index in [1.54, 1.807) is 30.3 Å². The highest BCUT2D eigenvalue weighted by atomic mass is 32.2. The molecule has 3 aromatic carbocycles. The number of carbonyl (C=O) groups excluding carboxylic acids is 1. The van der Waals surface area contributed by atoms with E-state index in [9.17, 15) is 13.2 Å². The highest BCUT2D eigenvalue weighted by Crippen LogP contribution is 2.20. The van der Waals surface area contributed by atoms with Crippen molar-refractivity contribution >= 4 is 22.0 Å². The number of ether oxygens (including phenoxy) is 1. The third-order valence-electron chi connectivity index (χ3n) is 3.72. The van der Waals surface area contributed by atoms with Crippen LogP contribution < -0.4 is 24.5 Å². The Labute approximate surface area is 168 Å². The van der Waals surface area contributed by atoms with E-state index in [2.05, 4.69) is 0 Å². The van der Waals surface area contributed by atoms with Crippen molar-refractivity contribution in [1.29, 1.82) is 0 Å². The van der Waals surface area contributed by atoms with E-state index in [1.165, 1.54) is 24.3 Å². The first-order valence-corrected chi connectivity index (χ1v) is 9.97. The number of hydrogen-bond acceptors (Lipinski definition) is 5. The minimum Gasteiger partial charge on any atom is -0.489 e. The molecule has 0 fully saturated rings. The van der Waals surface area contributed by atoms with Gasteiger partial charge in [-0.3, -0.25) is 0 Å². The lowest BCUT2D eigenvalue weighted by Crippen LogP contribution is -2.50. The van der Waals surface area contributed by atoms with Gasteiger partial charge in [0.25, 0.3) is 0 Å². The van der Waals surface area contributed by atoms with Crippen LogP contribution in [0.1, 0.15) is 5.56 Å². The smallest absolute Gasteiger partial charge is 0.400 e. The van der Waals surface area contributed by atoms with Gasteiger partial charge >= 0.3 is 16.3 Å². The van der Waals surface area contributed by atoms with Gasteiger partial charge in [-0.15, -0.1) is 0 Å². The number of para-hydroxylation sites is 1. The Morgan fingerprint density at radius 2 is 1.45 bits per heavy atom. The van der Waals surface area contributed by atoms with Crippen LogP contribution in [0.2, 0.25) is 0 Å². The molecular weight excluding hydrogens is 394 g/mol. The Morgan fingerprint density at radius 1 is 0.862 bits per heavy atom.